The maximum Gasteiger partial charge on any atom is 0.157 e. The monoisotopic (exact) mass is 356 g/mol. The van der Waals surface area contributed by atoms with Gasteiger partial charge >= 0.3 is 0 Å². The number of aliphatic hydroxyl groups excluding tert-OH is 1. The van der Waals surface area contributed by atoms with E-state index >= 15 is 0 Å². The number of benzene rings is 1. The minimum atomic E-state index is -0.642. The van der Waals surface area contributed by atoms with Gasteiger partial charge in [0.25, 0.3) is 0 Å². The number of halogens is 1. The number of hydrogen-bond donors (Lipinski definition) is 1. The molecule has 0 aliphatic carbocycles. The number of β-amino-alcohol motifs (C(OH)–C–C–N with tert-alkyl or cyclic N) is 1. The highest BCUT2D eigenvalue weighted by Gasteiger charge is 2.34. The van der Waals surface area contributed by atoms with Gasteiger partial charge in [-0.25, -0.2) is 4.39 Å². The Bertz CT molecular complexity index is 942. The smallest absolute Gasteiger partial charge is 0.157 e. The van der Waals surface area contributed by atoms with E-state index in [1.54, 1.807) is 16.9 Å². The molecule has 26 heavy (non-hydrogen) atoms. The average molecular weight is 356 g/mol. The molecule has 3 aromatic rings. The summed E-state index contributed by atoms with van der Waals surface area (Å²) in [6.45, 7) is 5.59. The predicted octanol–water partition coefficient (Wildman–Crippen LogP) is 2.53. The van der Waals surface area contributed by atoms with Crippen LogP contribution in [0.3, 0.4) is 0 Å². The van der Waals surface area contributed by atoms with E-state index < -0.39 is 6.10 Å². The van der Waals surface area contributed by atoms with Crippen LogP contribution in [-0.4, -0.2) is 45.2 Å². The molecule has 0 unspecified atom stereocenters. The number of fused-ring (bicyclic) bond motifs is 1. The van der Waals surface area contributed by atoms with E-state index in [1.165, 1.54) is 12.1 Å². The van der Waals surface area contributed by atoms with Gasteiger partial charge in [-0.1, -0.05) is 0 Å². The van der Waals surface area contributed by atoms with E-state index in [4.69, 9.17) is 4.74 Å². The standard InChI is InChI=1S/C19H21FN4O2/c1-3-24-9-14(8-21-24)26-19-11-23(10-18(19)25)17-6-12(2)22-16-5-4-13(20)7-15(16)17/h4-9,18-19,25H,3,10-11H2,1-2H3/t18-,19-/m1/s1. The third-order valence-corrected chi connectivity index (χ3v) is 4.68. The molecule has 0 saturated carbocycles. The van der Waals surface area contributed by atoms with E-state index in [9.17, 15) is 9.50 Å². The van der Waals surface area contributed by atoms with Crippen LogP contribution in [0, 0.1) is 12.7 Å². The van der Waals surface area contributed by atoms with E-state index in [1.807, 2.05) is 31.0 Å². The number of rotatable bonds is 4. The summed E-state index contributed by atoms with van der Waals surface area (Å²) in [5.41, 5.74) is 2.45. The van der Waals surface area contributed by atoms with Gasteiger partial charge in [0.1, 0.15) is 18.0 Å². The van der Waals surface area contributed by atoms with Crippen molar-refractivity contribution in [2.45, 2.75) is 32.6 Å². The molecule has 2 atom stereocenters. The summed E-state index contributed by atoms with van der Waals surface area (Å²) in [6.07, 6.45) is 2.45. The first-order valence-electron chi connectivity index (χ1n) is 8.72. The molecule has 6 nitrogen and oxygen atoms in total. The molecule has 3 heterocycles. The number of aryl methyl sites for hydroxylation is 2. The molecule has 7 heteroatoms. The highest BCUT2D eigenvalue weighted by molar-refractivity contribution is 5.92. The molecular formula is C19H21FN4O2. The highest BCUT2D eigenvalue weighted by Crippen LogP contribution is 2.31. The lowest BCUT2D eigenvalue weighted by molar-refractivity contribution is 0.0737. The molecule has 1 saturated heterocycles. The molecule has 136 valence electrons. The van der Waals surface area contributed by atoms with Gasteiger partial charge in [0.2, 0.25) is 0 Å². The molecule has 0 amide bonds. The fourth-order valence-corrected chi connectivity index (χ4v) is 3.39. The molecule has 1 aliphatic rings. The molecule has 1 N–H and O–H groups in total. The number of aromatic nitrogens is 3. The van der Waals surface area contributed by atoms with Crippen molar-refractivity contribution in [3.05, 3.63) is 48.2 Å². The zero-order valence-corrected chi connectivity index (χ0v) is 14.8. The molecule has 0 spiro atoms. The lowest BCUT2D eigenvalue weighted by Gasteiger charge is -2.21. The number of ether oxygens (including phenoxy) is 1. The van der Waals surface area contributed by atoms with Gasteiger partial charge in [0, 0.05) is 29.9 Å². The van der Waals surface area contributed by atoms with Crippen molar-refractivity contribution >= 4 is 16.6 Å². The summed E-state index contributed by atoms with van der Waals surface area (Å²) in [7, 11) is 0. The second kappa shape index (κ2) is 6.57. The molecule has 1 aliphatic heterocycles. The molecule has 0 bridgehead atoms. The first kappa shape index (κ1) is 16.8. The van der Waals surface area contributed by atoms with Crippen molar-refractivity contribution in [2.24, 2.45) is 0 Å². The Labute approximate surface area is 150 Å². The van der Waals surface area contributed by atoms with Crippen LogP contribution in [0.15, 0.2) is 36.7 Å². The molecule has 4 rings (SSSR count). The van der Waals surface area contributed by atoms with Gasteiger partial charge in [-0.3, -0.25) is 9.67 Å². The highest BCUT2D eigenvalue weighted by atomic mass is 19.1. The van der Waals surface area contributed by atoms with Crippen molar-refractivity contribution in [2.75, 3.05) is 18.0 Å². The average Bonchev–Trinajstić information content (AvgIpc) is 3.22. The minimum Gasteiger partial charge on any atom is -0.482 e. The largest absolute Gasteiger partial charge is 0.482 e. The zero-order valence-electron chi connectivity index (χ0n) is 14.8. The second-order valence-electron chi connectivity index (χ2n) is 6.60. The van der Waals surface area contributed by atoms with Crippen LogP contribution in [-0.2, 0) is 6.54 Å². The Morgan fingerprint density at radius 2 is 2.15 bits per heavy atom. The summed E-state index contributed by atoms with van der Waals surface area (Å²) >= 11 is 0. The zero-order chi connectivity index (χ0) is 18.3. The van der Waals surface area contributed by atoms with Crippen LogP contribution in [0.1, 0.15) is 12.6 Å². The van der Waals surface area contributed by atoms with Gasteiger partial charge in [-0.05, 0) is 38.1 Å². The normalized spacial score (nSPS) is 20.1. The van der Waals surface area contributed by atoms with Gasteiger partial charge in [-0.15, -0.1) is 0 Å². The van der Waals surface area contributed by atoms with Crippen LogP contribution in [0.5, 0.6) is 5.75 Å². The number of nitrogens with zero attached hydrogens (tertiary/aromatic N) is 4. The SMILES string of the molecule is CCn1cc(O[C@@H]2CN(c3cc(C)nc4ccc(F)cc34)C[C@H]2O)cn1. The fraction of sp³-hybridized carbons (Fsp3) is 0.368. The number of aliphatic hydroxyl groups is 1. The third kappa shape index (κ3) is 3.10. The van der Waals surface area contributed by atoms with Crippen molar-refractivity contribution in [1.82, 2.24) is 14.8 Å². The van der Waals surface area contributed by atoms with E-state index in [2.05, 4.69) is 10.1 Å². The van der Waals surface area contributed by atoms with Crippen molar-refractivity contribution < 1.29 is 14.2 Å². The Morgan fingerprint density at radius 1 is 1.31 bits per heavy atom. The summed E-state index contributed by atoms with van der Waals surface area (Å²) in [4.78, 5) is 6.49. The van der Waals surface area contributed by atoms with E-state index in [-0.39, 0.29) is 11.9 Å². The lowest BCUT2D eigenvalue weighted by Crippen LogP contribution is -2.29. The van der Waals surface area contributed by atoms with Crippen molar-refractivity contribution in [3.63, 3.8) is 0 Å². The Morgan fingerprint density at radius 3 is 2.92 bits per heavy atom. The van der Waals surface area contributed by atoms with Gasteiger partial charge in [0.15, 0.2) is 5.75 Å². The Hall–Kier alpha value is -2.67. The summed E-state index contributed by atoms with van der Waals surface area (Å²) in [6, 6.07) is 6.50. The van der Waals surface area contributed by atoms with E-state index in [0.717, 1.165) is 28.8 Å². The Balaban J connectivity index is 1.61. The van der Waals surface area contributed by atoms with E-state index in [0.29, 0.717) is 18.8 Å². The molecule has 2 aromatic heterocycles. The fourth-order valence-electron chi connectivity index (χ4n) is 3.39. The van der Waals surface area contributed by atoms with Crippen molar-refractivity contribution in [3.8, 4) is 5.75 Å². The first-order chi connectivity index (χ1) is 12.5. The maximum absolute atomic E-state index is 13.8. The molecule has 1 aromatic carbocycles. The molecule has 1 fully saturated rings. The quantitative estimate of drug-likeness (QED) is 0.778. The number of pyridine rings is 1. The van der Waals surface area contributed by atoms with Crippen LogP contribution >= 0.6 is 0 Å². The van der Waals surface area contributed by atoms with Crippen LogP contribution in [0.2, 0.25) is 0 Å². The van der Waals surface area contributed by atoms with Crippen molar-refractivity contribution in [1.29, 1.82) is 0 Å². The second-order valence-corrected chi connectivity index (χ2v) is 6.60. The minimum absolute atomic E-state index is 0.302. The summed E-state index contributed by atoms with van der Waals surface area (Å²) < 4.78 is 21.4. The summed E-state index contributed by atoms with van der Waals surface area (Å²) in [5.74, 6) is 0.337. The number of hydrogen-bond acceptors (Lipinski definition) is 5. The van der Waals surface area contributed by atoms with Crippen LogP contribution in [0.4, 0.5) is 10.1 Å². The Kier molecular flexibility index (Phi) is 4.24. The summed E-state index contributed by atoms with van der Waals surface area (Å²) in [5, 5.41) is 15.4. The van der Waals surface area contributed by atoms with Gasteiger partial charge < -0.3 is 14.7 Å². The maximum atomic E-state index is 13.8. The molecular weight excluding hydrogens is 335 g/mol. The third-order valence-electron chi connectivity index (χ3n) is 4.68. The number of anilines is 1. The van der Waals surface area contributed by atoms with Gasteiger partial charge in [-0.2, -0.15) is 5.10 Å². The molecule has 0 radical (unpaired) electrons. The van der Waals surface area contributed by atoms with Crippen LogP contribution < -0.4 is 9.64 Å². The van der Waals surface area contributed by atoms with Gasteiger partial charge in [0.05, 0.1) is 24.5 Å². The first-order valence-corrected chi connectivity index (χ1v) is 8.72. The predicted molar refractivity (Wildman–Crippen MR) is 97.0 cm³/mol. The lowest BCUT2D eigenvalue weighted by atomic mass is 10.1. The topological polar surface area (TPSA) is 63.4 Å². The van der Waals surface area contributed by atoms with Crippen LogP contribution in [0.25, 0.3) is 10.9 Å².